The SMILES string of the molecule is C=CC(=O)OC(Cl)(Cl)c1ccccc1. The van der Waals surface area contributed by atoms with Gasteiger partial charge in [0, 0.05) is 11.6 Å². The maximum Gasteiger partial charge on any atom is 0.333 e. The molecule has 0 N–H and O–H groups in total. The molecule has 0 aliphatic heterocycles. The van der Waals surface area contributed by atoms with Gasteiger partial charge in [-0.15, -0.1) is 0 Å². The zero-order valence-corrected chi connectivity index (χ0v) is 8.76. The molecule has 74 valence electrons. The van der Waals surface area contributed by atoms with Crippen molar-refractivity contribution in [3.63, 3.8) is 0 Å². The number of benzene rings is 1. The van der Waals surface area contributed by atoms with Gasteiger partial charge in [-0.25, -0.2) is 4.79 Å². The third-order valence-corrected chi connectivity index (χ3v) is 2.10. The summed E-state index contributed by atoms with van der Waals surface area (Å²) in [6.45, 7) is 3.25. The first-order chi connectivity index (χ1) is 6.56. The number of rotatable bonds is 3. The highest BCUT2D eigenvalue weighted by Crippen LogP contribution is 2.34. The second-order valence-electron chi connectivity index (χ2n) is 2.51. The van der Waals surface area contributed by atoms with Gasteiger partial charge in [0.15, 0.2) is 0 Å². The molecule has 0 fully saturated rings. The molecule has 1 aromatic rings. The number of carbonyl (C=O) groups excluding carboxylic acids is 1. The van der Waals surface area contributed by atoms with Crippen LogP contribution < -0.4 is 0 Å². The minimum Gasteiger partial charge on any atom is -0.421 e. The van der Waals surface area contributed by atoms with Gasteiger partial charge in [-0.3, -0.25) is 0 Å². The molecular weight excluding hydrogens is 223 g/mol. The normalized spacial score (nSPS) is 10.7. The van der Waals surface area contributed by atoms with E-state index < -0.39 is 10.5 Å². The van der Waals surface area contributed by atoms with Crippen LogP contribution in [0.4, 0.5) is 0 Å². The third kappa shape index (κ3) is 2.76. The molecule has 1 aromatic carbocycles. The van der Waals surface area contributed by atoms with Crippen molar-refractivity contribution in [1.82, 2.24) is 0 Å². The van der Waals surface area contributed by atoms with E-state index in [1.54, 1.807) is 24.3 Å². The van der Waals surface area contributed by atoms with E-state index in [-0.39, 0.29) is 0 Å². The Bertz CT molecular complexity index is 333. The molecule has 0 heterocycles. The summed E-state index contributed by atoms with van der Waals surface area (Å²) in [5.41, 5.74) is 0.499. The molecule has 2 nitrogen and oxygen atoms in total. The van der Waals surface area contributed by atoms with Gasteiger partial charge in [0.05, 0.1) is 0 Å². The van der Waals surface area contributed by atoms with E-state index in [4.69, 9.17) is 27.9 Å². The first kappa shape index (κ1) is 11.1. The number of carbonyl (C=O) groups is 1. The number of esters is 1. The van der Waals surface area contributed by atoms with E-state index in [1.165, 1.54) is 0 Å². The van der Waals surface area contributed by atoms with Gasteiger partial charge in [0.1, 0.15) is 0 Å². The van der Waals surface area contributed by atoms with Crippen LogP contribution in [0.15, 0.2) is 43.0 Å². The predicted molar refractivity (Wildman–Crippen MR) is 56.1 cm³/mol. The zero-order chi connectivity index (χ0) is 10.6. The Morgan fingerprint density at radius 1 is 1.36 bits per heavy atom. The van der Waals surface area contributed by atoms with Crippen LogP contribution in [0, 0.1) is 0 Å². The lowest BCUT2D eigenvalue weighted by molar-refractivity contribution is -0.141. The van der Waals surface area contributed by atoms with Crippen molar-refractivity contribution in [1.29, 1.82) is 0 Å². The topological polar surface area (TPSA) is 26.3 Å². The Hall–Kier alpha value is -0.990. The maximum atomic E-state index is 10.9. The van der Waals surface area contributed by atoms with Crippen LogP contribution in [0.5, 0.6) is 0 Å². The molecule has 0 aliphatic carbocycles. The van der Waals surface area contributed by atoms with E-state index in [0.29, 0.717) is 5.56 Å². The largest absolute Gasteiger partial charge is 0.421 e. The van der Waals surface area contributed by atoms with Crippen LogP contribution in [-0.2, 0) is 14.1 Å². The van der Waals surface area contributed by atoms with Crippen molar-refractivity contribution >= 4 is 29.2 Å². The van der Waals surface area contributed by atoms with Gasteiger partial charge >= 0.3 is 5.97 Å². The average Bonchev–Trinajstić information content (AvgIpc) is 2.18. The van der Waals surface area contributed by atoms with Crippen LogP contribution in [0.2, 0.25) is 0 Å². The summed E-state index contributed by atoms with van der Waals surface area (Å²) >= 11 is 11.6. The van der Waals surface area contributed by atoms with Crippen molar-refractivity contribution in [3.05, 3.63) is 48.6 Å². The standard InChI is InChI=1S/C10H8Cl2O2/c1-2-9(13)14-10(11,12)8-6-4-3-5-7-8/h2-7H,1H2. The Morgan fingerprint density at radius 3 is 2.43 bits per heavy atom. The van der Waals surface area contributed by atoms with Crippen molar-refractivity contribution in [3.8, 4) is 0 Å². The molecule has 0 saturated carbocycles. The van der Waals surface area contributed by atoms with Gasteiger partial charge in [0.2, 0.25) is 0 Å². The molecule has 4 heteroatoms. The lowest BCUT2D eigenvalue weighted by atomic mass is 10.2. The quantitative estimate of drug-likeness (QED) is 0.454. The Labute approximate surface area is 92.1 Å². The molecule has 0 aromatic heterocycles. The van der Waals surface area contributed by atoms with Gasteiger partial charge in [-0.2, -0.15) is 0 Å². The predicted octanol–water partition coefficient (Wildman–Crippen LogP) is 3.00. The number of halogens is 2. The highest BCUT2D eigenvalue weighted by Gasteiger charge is 2.30. The lowest BCUT2D eigenvalue weighted by Gasteiger charge is -2.19. The molecule has 0 bridgehead atoms. The zero-order valence-electron chi connectivity index (χ0n) is 7.24. The summed E-state index contributed by atoms with van der Waals surface area (Å²) in [6, 6.07) is 8.63. The molecule has 0 saturated heterocycles. The van der Waals surface area contributed by atoms with Crippen molar-refractivity contribution in [2.75, 3.05) is 0 Å². The minimum atomic E-state index is -1.66. The molecule has 14 heavy (non-hydrogen) atoms. The highest BCUT2D eigenvalue weighted by molar-refractivity contribution is 6.47. The highest BCUT2D eigenvalue weighted by atomic mass is 35.5. The van der Waals surface area contributed by atoms with Crippen LogP contribution in [-0.4, -0.2) is 5.97 Å². The summed E-state index contributed by atoms with van der Waals surface area (Å²) < 4.78 is 3.09. The van der Waals surface area contributed by atoms with Crippen LogP contribution >= 0.6 is 23.2 Å². The summed E-state index contributed by atoms with van der Waals surface area (Å²) in [7, 11) is 0. The Morgan fingerprint density at radius 2 is 1.93 bits per heavy atom. The second-order valence-corrected chi connectivity index (χ2v) is 3.77. The van der Waals surface area contributed by atoms with E-state index in [1.807, 2.05) is 6.07 Å². The number of hydrogen-bond acceptors (Lipinski definition) is 2. The third-order valence-electron chi connectivity index (χ3n) is 1.51. The molecule has 0 radical (unpaired) electrons. The van der Waals surface area contributed by atoms with Gasteiger partial charge < -0.3 is 4.74 Å². The summed E-state index contributed by atoms with van der Waals surface area (Å²) in [5.74, 6) is -0.668. The Kier molecular flexibility index (Phi) is 3.55. The lowest BCUT2D eigenvalue weighted by Crippen LogP contribution is -2.18. The van der Waals surface area contributed by atoms with Crippen molar-refractivity contribution in [2.45, 2.75) is 4.52 Å². The summed E-state index contributed by atoms with van der Waals surface area (Å²) in [6.07, 6.45) is 1.00. The molecule has 1 rings (SSSR count). The molecule has 0 amide bonds. The molecule has 0 unspecified atom stereocenters. The smallest absolute Gasteiger partial charge is 0.333 e. The summed E-state index contributed by atoms with van der Waals surface area (Å²) in [5, 5.41) is 0. The van der Waals surface area contributed by atoms with Crippen LogP contribution in [0.3, 0.4) is 0 Å². The molecule has 0 atom stereocenters. The van der Waals surface area contributed by atoms with E-state index >= 15 is 0 Å². The van der Waals surface area contributed by atoms with Crippen molar-refractivity contribution in [2.24, 2.45) is 0 Å². The van der Waals surface area contributed by atoms with Crippen LogP contribution in [0.1, 0.15) is 5.56 Å². The molecular formula is C10H8Cl2O2. The fraction of sp³-hybridized carbons (Fsp3) is 0.100. The van der Waals surface area contributed by atoms with E-state index in [0.717, 1.165) is 6.08 Å². The van der Waals surface area contributed by atoms with Crippen LogP contribution in [0.25, 0.3) is 0 Å². The van der Waals surface area contributed by atoms with E-state index in [2.05, 4.69) is 6.58 Å². The average molecular weight is 231 g/mol. The molecule has 0 spiro atoms. The molecule has 0 aliphatic rings. The second kappa shape index (κ2) is 4.49. The Balaban J connectivity index is 2.85. The van der Waals surface area contributed by atoms with Gasteiger partial charge in [-0.1, -0.05) is 60.1 Å². The maximum absolute atomic E-state index is 10.9. The van der Waals surface area contributed by atoms with Gasteiger partial charge in [0.25, 0.3) is 4.52 Å². The monoisotopic (exact) mass is 230 g/mol. The van der Waals surface area contributed by atoms with E-state index in [9.17, 15) is 4.79 Å². The fourth-order valence-electron chi connectivity index (χ4n) is 0.859. The van der Waals surface area contributed by atoms with Gasteiger partial charge in [-0.05, 0) is 0 Å². The number of alkyl halides is 2. The summed E-state index contributed by atoms with van der Waals surface area (Å²) in [4.78, 5) is 10.9. The minimum absolute atomic E-state index is 0.499. The number of hydrogen-bond donors (Lipinski definition) is 0. The van der Waals surface area contributed by atoms with Crippen molar-refractivity contribution < 1.29 is 9.53 Å². The number of ether oxygens (including phenoxy) is 1. The first-order valence-electron chi connectivity index (χ1n) is 3.85. The first-order valence-corrected chi connectivity index (χ1v) is 4.60. The fourth-order valence-corrected chi connectivity index (χ4v) is 1.26.